The Morgan fingerprint density at radius 1 is 1.32 bits per heavy atom. The van der Waals surface area contributed by atoms with Gasteiger partial charge in [0.25, 0.3) is 5.91 Å². The Bertz CT molecular complexity index is 744. The van der Waals surface area contributed by atoms with Crippen LogP contribution in [0.15, 0.2) is 23.0 Å². The number of carbonyl (C=O) groups excluding carboxylic acids is 2. The summed E-state index contributed by atoms with van der Waals surface area (Å²) < 4.78 is 2.30. The van der Waals surface area contributed by atoms with Crippen molar-refractivity contribution in [1.82, 2.24) is 19.5 Å². The standard InChI is InChI=1S/C11H11N5O3/c12-7-2-1-3-8-14-16(11(19)15(7)8)6-4-5-9(17)13-10(6)18/h1-3,6H,4-5,12H2,(H,13,17,18). The molecule has 0 radical (unpaired) electrons. The summed E-state index contributed by atoms with van der Waals surface area (Å²) in [5.41, 5.74) is 5.60. The number of carbonyl (C=O) groups is 2. The van der Waals surface area contributed by atoms with Crippen LogP contribution in [0.25, 0.3) is 5.65 Å². The lowest BCUT2D eigenvalue weighted by Gasteiger charge is -2.19. The monoisotopic (exact) mass is 261 g/mol. The molecule has 1 aliphatic heterocycles. The second-order valence-electron chi connectivity index (χ2n) is 4.34. The maximum absolute atomic E-state index is 12.2. The van der Waals surface area contributed by atoms with Crippen LogP contribution in [0.3, 0.4) is 0 Å². The van der Waals surface area contributed by atoms with E-state index in [9.17, 15) is 14.4 Å². The molecule has 2 aromatic rings. The Kier molecular flexibility index (Phi) is 2.37. The van der Waals surface area contributed by atoms with Crippen molar-refractivity contribution in [1.29, 1.82) is 0 Å². The lowest BCUT2D eigenvalue weighted by atomic mass is 10.1. The minimum absolute atomic E-state index is 0.187. The summed E-state index contributed by atoms with van der Waals surface area (Å²) in [6, 6.07) is 4.10. The molecule has 0 saturated carbocycles. The van der Waals surface area contributed by atoms with Gasteiger partial charge in [-0.25, -0.2) is 9.20 Å². The molecule has 1 saturated heterocycles. The molecule has 0 bridgehead atoms. The van der Waals surface area contributed by atoms with Gasteiger partial charge in [0.15, 0.2) is 5.65 Å². The second-order valence-corrected chi connectivity index (χ2v) is 4.34. The predicted octanol–water partition coefficient (Wildman–Crippen LogP) is -0.944. The van der Waals surface area contributed by atoms with E-state index in [1.165, 1.54) is 4.40 Å². The SMILES string of the molecule is Nc1cccc2nn(C3CCC(=O)NC3=O)c(=O)n12. The summed E-state index contributed by atoms with van der Waals surface area (Å²) in [6.45, 7) is 0. The van der Waals surface area contributed by atoms with E-state index < -0.39 is 17.6 Å². The van der Waals surface area contributed by atoms with Crippen LogP contribution in [-0.2, 0) is 9.59 Å². The number of nitrogen functional groups attached to an aromatic ring is 1. The van der Waals surface area contributed by atoms with E-state index in [4.69, 9.17) is 5.73 Å². The molecule has 98 valence electrons. The minimum Gasteiger partial charge on any atom is -0.385 e. The zero-order valence-corrected chi connectivity index (χ0v) is 9.87. The minimum atomic E-state index is -0.774. The van der Waals surface area contributed by atoms with E-state index in [0.29, 0.717) is 5.65 Å². The van der Waals surface area contributed by atoms with Crippen molar-refractivity contribution in [3.05, 3.63) is 28.7 Å². The number of anilines is 1. The Labute approximate surface area is 106 Å². The third kappa shape index (κ3) is 1.68. The third-order valence-electron chi connectivity index (χ3n) is 3.10. The maximum Gasteiger partial charge on any atom is 0.352 e. The molecule has 19 heavy (non-hydrogen) atoms. The normalized spacial score (nSPS) is 19.7. The van der Waals surface area contributed by atoms with E-state index in [1.54, 1.807) is 18.2 Å². The van der Waals surface area contributed by atoms with Gasteiger partial charge < -0.3 is 5.73 Å². The molecule has 0 spiro atoms. The number of nitrogens with two attached hydrogens (primary N) is 1. The van der Waals surface area contributed by atoms with Crippen LogP contribution in [0.4, 0.5) is 5.82 Å². The molecule has 1 fully saturated rings. The quantitative estimate of drug-likeness (QED) is 0.643. The largest absolute Gasteiger partial charge is 0.385 e. The van der Waals surface area contributed by atoms with Gasteiger partial charge in [0.1, 0.15) is 11.9 Å². The summed E-state index contributed by atoms with van der Waals surface area (Å²) in [5, 5.41) is 6.28. The van der Waals surface area contributed by atoms with Gasteiger partial charge in [-0.1, -0.05) is 6.07 Å². The van der Waals surface area contributed by atoms with E-state index >= 15 is 0 Å². The fourth-order valence-electron chi connectivity index (χ4n) is 2.17. The number of amides is 2. The van der Waals surface area contributed by atoms with Crippen molar-refractivity contribution >= 4 is 23.3 Å². The number of rotatable bonds is 1. The number of piperidine rings is 1. The van der Waals surface area contributed by atoms with Gasteiger partial charge in [-0.3, -0.25) is 14.9 Å². The Morgan fingerprint density at radius 2 is 2.11 bits per heavy atom. The van der Waals surface area contributed by atoms with Gasteiger partial charge in [0.05, 0.1) is 0 Å². The average Bonchev–Trinajstić information content (AvgIpc) is 2.68. The molecule has 8 nitrogen and oxygen atoms in total. The van der Waals surface area contributed by atoms with E-state index in [2.05, 4.69) is 10.4 Å². The van der Waals surface area contributed by atoms with Crippen molar-refractivity contribution in [2.24, 2.45) is 0 Å². The Balaban J connectivity index is 2.14. The zero-order valence-electron chi connectivity index (χ0n) is 9.87. The molecule has 0 aliphatic carbocycles. The maximum atomic E-state index is 12.2. The van der Waals surface area contributed by atoms with Crippen LogP contribution < -0.4 is 16.7 Å². The number of fused-ring (bicyclic) bond motifs is 1. The number of aromatic nitrogens is 3. The van der Waals surface area contributed by atoms with Gasteiger partial charge in [-0.15, -0.1) is 5.10 Å². The molecular formula is C11H11N5O3. The van der Waals surface area contributed by atoms with Gasteiger partial charge in [0, 0.05) is 6.42 Å². The van der Waals surface area contributed by atoms with Crippen LogP contribution in [0.2, 0.25) is 0 Å². The van der Waals surface area contributed by atoms with E-state index in [0.717, 1.165) is 4.68 Å². The number of imide groups is 1. The van der Waals surface area contributed by atoms with Crippen molar-refractivity contribution in [3.63, 3.8) is 0 Å². The van der Waals surface area contributed by atoms with Gasteiger partial charge in [-0.2, -0.15) is 4.68 Å². The highest BCUT2D eigenvalue weighted by Gasteiger charge is 2.30. The van der Waals surface area contributed by atoms with Crippen molar-refractivity contribution in [3.8, 4) is 0 Å². The highest BCUT2D eigenvalue weighted by atomic mass is 16.2. The summed E-state index contributed by atoms with van der Waals surface area (Å²) >= 11 is 0. The molecule has 3 N–H and O–H groups in total. The first-order chi connectivity index (χ1) is 9.08. The van der Waals surface area contributed by atoms with Crippen LogP contribution in [0.1, 0.15) is 18.9 Å². The number of hydrogen-bond donors (Lipinski definition) is 2. The lowest BCUT2D eigenvalue weighted by Crippen LogP contribution is -2.44. The topological polar surface area (TPSA) is 111 Å². The molecule has 1 aliphatic rings. The summed E-state index contributed by atoms with van der Waals surface area (Å²) in [5.74, 6) is -0.598. The lowest BCUT2D eigenvalue weighted by molar-refractivity contribution is -0.136. The van der Waals surface area contributed by atoms with E-state index in [-0.39, 0.29) is 24.6 Å². The summed E-state index contributed by atoms with van der Waals surface area (Å²) in [7, 11) is 0. The molecule has 2 aromatic heterocycles. The van der Waals surface area contributed by atoms with Crippen molar-refractivity contribution < 1.29 is 9.59 Å². The van der Waals surface area contributed by atoms with Gasteiger partial charge >= 0.3 is 5.69 Å². The fourth-order valence-corrected chi connectivity index (χ4v) is 2.17. The number of nitrogens with one attached hydrogen (secondary N) is 1. The highest BCUT2D eigenvalue weighted by molar-refractivity contribution is 5.99. The molecule has 2 amide bonds. The molecule has 1 atom stereocenters. The molecule has 1 unspecified atom stereocenters. The summed E-state index contributed by atoms with van der Waals surface area (Å²) in [6.07, 6.45) is 0.445. The van der Waals surface area contributed by atoms with Crippen LogP contribution >= 0.6 is 0 Å². The number of nitrogens with zero attached hydrogens (tertiary/aromatic N) is 3. The second kappa shape index (κ2) is 3.94. The molecule has 3 heterocycles. The molecular weight excluding hydrogens is 250 g/mol. The molecule has 0 aromatic carbocycles. The van der Waals surface area contributed by atoms with Crippen LogP contribution in [-0.4, -0.2) is 26.0 Å². The summed E-state index contributed by atoms with van der Waals surface area (Å²) in [4.78, 5) is 35.0. The first-order valence-electron chi connectivity index (χ1n) is 5.77. The van der Waals surface area contributed by atoms with Crippen molar-refractivity contribution in [2.75, 3.05) is 5.73 Å². The zero-order chi connectivity index (χ0) is 13.6. The van der Waals surface area contributed by atoms with Crippen LogP contribution in [0, 0.1) is 0 Å². The number of hydrogen-bond acceptors (Lipinski definition) is 5. The first-order valence-corrected chi connectivity index (χ1v) is 5.77. The predicted molar refractivity (Wildman–Crippen MR) is 65.3 cm³/mol. The Morgan fingerprint density at radius 3 is 2.79 bits per heavy atom. The average molecular weight is 261 g/mol. The smallest absolute Gasteiger partial charge is 0.352 e. The van der Waals surface area contributed by atoms with Crippen LogP contribution in [0.5, 0.6) is 0 Å². The molecule has 3 rings (SSSR count). The first kappa shape index (κ1) is 11.5. The number of pyridine rings is 1. The highest BCUT2D eigenvalue weighted by Crippen LogP contribution is 2.16. The fraction of sp³-hybridized carbons (Fsp3) is 0.273. The van der Waals surface area contributed by atoms with E-state index in [1.807, 2.05) is 0 Å². The van der Waals surface area contributed by atoms with Crippen molar-refractivity contribution in [2.45, 2.75) is 18.9 Å². The third-order valence-corrected chi connectivity index (χ3v) is 3.10. The Hall–Kier alpha value is -2.64. The van der Waals surface area contributed by atoms with Gasteiger partial charge in [0.2, 0.25) is 5.91 Å². The van der Waals surface area contributed by atoms with Gasteiger partial charge in [-0.05, 0) is 18.6 Å². The molecule has 8 heteroatoms.